The zero-order chi connectivity index (χ0) is 10.6. The largest absolute Gasteiger partial charge is 0.310 e. The Balaban J connectivity index is 3.01. The maximum absolute atomic E-state index is 4.29. The van der Waals surface area contributed by atoms with E-state index in [0.717, 1.165) is 5.69 Å². The van der Waals surface area contributed by atoms with E-state index < -0.39 is 0 Å². The van der Waals surface area contributed by atoms with Crippen LogP contribution in [-0.2, 0) is 0 Å². The van der Waals surface area contributed by atoms with Crippen molar-refractivity contribution in [3.05, 3.63) is 41.2 Å². The van der Waals surface area contributed by atoms with Crippen LogP contribution in [0.4, 0.5) is 0 Å². The smallest absolute Gasteiger partial charge is 0.0524 e. The van der Waals surface area contributed by atoms with Crippen LogP contribution in [0.5, 0.6) is 0 Å². The van der Waals surface area contributed by atoms with Crippen LogP contribution in [0.3, 0.4) is 0 Å². The third-order valence-corrected chi connectivity index (χ3v) is 2.19. The molecule has 1 aromatic rings. The number of aryl methyl sites for hydroxylation is 1. The fourth-order valence-electron chi connectivity index (χ4n) is 1.49. The minimum Gasteiger partial charge on any atom is -0.310 e. The standard InChI is InChI=1S/C12H18N2/c1-9(2)8-12(13-4)11-6-5-7-14-10(11)3/h5-8,12-13H,1-4H3. The van der Waals surface area contributed by atoms with Crippen molar-refractivity contribution in [2.75, 3.05) is 7.05 Å². The van der Waals surface area contributed by atoms with Gasteiger partial charge in [-0.3, -0.25) is 4.98 Å². The van der Waals surface area contributed by atoms with Gasteiger partial charge in [-0.15, -0.1) is 0 Å². The second kappa shape index (κ2) is 4.91. The van der Waals surface area contributed by atoms with Crippen molar-refractivity contribution in [1.29, 1.82) is 0 Å². The highest BCUT2D eigenvalue weighted by molar-refractivity contribution is 5.27. The molecule has 1 rings (SSSR count). The summed E-state index contributed by atoms with van der Waals surface area (Å²) in [5.74, 6) is 0. The Morgan fingerprint density at radius 2 is 2.21 bits per heavy atom. The van der Waals surface area contributed by atoms with E-state index in [1.807, 2.05) is 26.2 Å². The van der Waals surface area contributed by atoms with Crippen LogP contribution < -0.4 is 5.32 Å². The fraction of sp³-hybridized carbons (Fsp3) is 0.417. The van der Waals surface area contributed by atoms with Gasteiger partial charge in [0.1, 0.15) is 0 Å². The molecule has 0 radical (unpaired) electrons. The molecular weight excluding hydrogens is 172 g/mol. The molecule has 0 aliphatic heterocycles. The van der Waals surface area contributed by atoms with Gasteiger partial charge in [-0.05, 0) is 39.4 Å². The van der Waals surface area contributed by atoms with Crippen LogP contribution >= 0.6 is 0 Å². The Morgan fingerprint density at radius 1 is 1.50 bits per heavy atom. The molecule has 0 saturated carbocycles. The number of likely N-dealkylation sites (N-methyl/N-ethyl adjacent to an activating group) is 1. The van der Waals surface area contributed by atoms with Crippen molar-refractivity contribution < 1.29 is 0 Å². The van der Waals surface area contributed by atoms with Gasteiger partial charge in [-0.25, -0.2) is 0 Å². The molecule has 0 fully saturated rings. The summed E-state index contributed by atoms with van der Waals surface area (Å²) >= 11 is 0. The molecule has 0 aromatic carbocycles. The van der Waals surface area contributed by atoms with E-state index in [1.165, 1.54) is 11.1 Å². The average molecular weight is 190 g/mol. The Morgan fingerprint density at radius 3 is 2.71 bits per heavy atom. The lowest BCUT2D eigenvalue weighted by atomic mass is 10.0. The number of nitrogens with zero attached hydrogens (tertiary/aromatic N) is 1. The quantitative estimate of drug-likeness (QED) is 0.741. The minimum atomic E-state index is 0.272. The van der Waals surface area contributed by atoms with Crippen molar-refractivity contribution in [2.45, 2.75) is 26.8 Å². The summed E-state index contributed by atoms with van der Waals surface area (Å²) in [6.45, 7) is 6.25. The molecule has 1 aromatic heterocycles. The molecule has 0 saturated heterocycles. The van der Waals surface area contributed by atoms with Crippen LogP contribution in [0, 0.1) is 6.92 Å². The topological polar surface area (TPSA) is 24.9 Å². The van der Waals surface area contributed by atoms with Crippen LogP contribution in [0.1, 0.15) is 31.1 Å². The molecular formula is C12H18N2. The molecule has 0 spiro atoms. The van der Waals surface area contributed by atoms with Gasteiger partial charge in [-0.1, -0.05) is 17.7 Å². The first-order valence-electron chi connectivity index (χ1n) is 4.89. The summed E-state index contributed by atoms with van der Waals surface area (Å²) in [6, 6.07) is 4.36. The summed E-state index contributed by atoms with van der Waals surface area (Å²) in [7, 11) is 1.97. The number of hydrogen-bond acceptors (Lipinski definition) is 2. The average Bonchev–Trinajstić information content (AvgIpc) is 2.15. The highest BCUT2D eigenvalue weighted by atomic mass is 14.9. The number of hydrogen-bond donors (Lipinski definition) is 1. The van der Waals surface area contributed by atoms with Gasteiger partial charge < -0.3 is 5.32 Å². The molecule has 0 amide bonds. The van der Waals surface area contributed by atoms with Gasteiger partial charge in [0.15, 0.2) is 0 Å². The molecule has 1 heterocycles. The van der Waals surface area contributed by atoms with E-state index in [-0.39, 0.29) is 6.04 Å². The SMILES string of the molecule is CNC(C=C(C)C)c1cccnc1C. The van der Waals surface area contributed by atoms with Gasteiger partial charge in [0, 0.05) is 11.9 Å². The van der Waals surface area contributed by atoms with Crippen molar-refractivity contribution in [1.82, 2.24) is 10.3 Å². The predicted molar refractivity (Wildman–Crippen MR) is 60.2 cm³/mol. The number of allylic oxidation sites excluding steroid dienone is 1. The van der Waals surface area contributed by atoms with Crippen molar-refractivity contribution in [3.8, 4) is 0 Å². The Kier molecular flexibility index (Phi) is 3.84. The third-order valence-electron chi connectivity index (χ3n) is 2.19. The number of rotatable bonds is 3. The number of nitrogens with one attached hydrogen (secondary N) is 1. The maximum Gasteiger partial charge on any atom is 0.0524 e. The van der Waals surface area contributed by atoms with E-state index in [9.17, 15) is 0 Å². The normalized spacial score (nSPS) is 12.3. The summed E-state index contributed by atoms with van der Waals surface area (Å²) in [4.78, 5) is 4.29. The summed E-state index contributed by atoms with van der Waals surface area (Å²) in [5.41, 5.74) is 3.65. The minimum absolute atomic E-state index is 0.272. The van der Waals surface area contributed by atoms with E-state index in [1.54, 1.807) is 0 Å². The Bertz CT molecular complexity index is 325. The highest BCUT2D eigenvalue weighted by Gasteiger charge is 2.08. The van der Waals surface area contributed by atoms with Gasteiger partial charge in [-0.2, -0.15) is 0 Å². The second-order valence-corrected chi connectivity index (χ2v) is 3.69. The monoisotopic (exact) mass is 190 g/mol. The predicted octanol–water partition coefficient (Wildman–Crippen LogP) is 2.62. The molecule has 14 heavy (non-hydrogen) atoms. The Hall–Kier alpha value is -1.15. The number of pyridine rings is 1. The molecule has 0 aliphatic carbocycles. The van der Waals surface area contributed by atoms with Gasteiger partial charge in [0.25, 0.3) is 0 Å². The van der Waals surface area contributed by atoms with Gasteiger partial charge >= 0.3 is 0 Å². The third kappa shape index (κ3) is 2.67. The molecule has 1 unspecified atom stereocenters. The summed E-state index contributed by atoms with van der Waals surface area (Å²) in [6.07, 6.45) is 4.04. The molecule has 0 aliphatic rings. The van der Waals surface area contributed by atoms with Crippen LogP contribution in [0.25, 0.3) is 0 Å². The van der Waals surface area contributed by atoms with Crippen molar-refractivity contribution >= 4 is 0 Å². The first-order chi connectivity index (χ1) is 6.65. The first-order valence-corrected chi connectivity index (χ1v) is 4.89. The molecule has 1 N–H and O–H groups in total. The molecule has 1 atom stereocenters. The lowest BCUT2D eigenvalue weighted by molar-refractivity contribution is 0.700. The Labute approximate surface area is 86.1 Å². The van der Waals surface area contributed by atoms with Gasteiger partial charge in [0.2, 0.25) is 0 Å². The van der Waals surface area contributed by atoms with E-state index in [0.29, 0.717) is 0 Å². The number of aromatic nitrogens is 1. The van der Waals surface area contributed by atoms with E-state index >= 15 is 0 Å². The summed E-state index contributed by atoms with van der Waals surface area (Å²) < 4.78 is 0. The molecule has 2 nitrogen and oxygen atoms in total. The highest BCUT2D eigenvalue weighted by Crippen LogP contribution is 2.17. The van der Waals surface area contributed by atoms with Crippen LogP contribution in [0.2, 0.25) is 0 Å². The van der Waals surface area contributed by atoms with Crippen LogP contribution in [0.15, 0.2) is 30.0 Å². The zero-order valence-electron chi connectivity index (χ0n) is 9.33. The molecule has 76 valence electrons. The summed E-state index contributed by atoms with van der Waals surface area (Å²) in [5, 5.41) is 3.27. The molecule has 2 heteroatoms. The van der Waals surface area contributed by atoms with E-state index in [4.69, 9.17) is 0 Å². The van der Waals surface area contributed by atoms with Crippen molar-refractivity contribution in [2.24, 2.45) is 0 Å². The second-order valence-electron chi connectivity index (χ2n) is 3.69. The van der Waals surface area contributed by atoms with Gasteiger partial charge in [0.05, 0.1) is 6.04 Å². The van der Waals surface area contributed by atoms with E-state index in [2.05, 4.69) is 36.3 Å². The first kappa shape index (κ1) is 10.9. The lowest BCUT2D eigenvalue weighted by Gasteiger charge is -2.14. The fourth-order valence-corrected chi connectivity index (χ4v) is 1.49. The maximum atomic E-state index is 4.29. The van der Waals surface area contributed by atoms with Crippen molar-refractivity contribution in [3.63, 3.8) is 0 Å². The zero-order valence-corrected chi connectivity index (χ0v) is 9.33. The molecule has 0 bridgehead atoms. The lowest BCUT2D eigenvalue weighted by Crippen LogP contribution is -2.15. The van der Waals surface area contributed by atoms with Crippen LogP contribution in [-0.4, -0.2) is 12.0 Å².